The monoisotopic (exact) mass is 451 g/mol. The number of carbonyl (C=O) groups is 1. The van der Waals surface area contributed by atoms with E-state index < -0.39 is 16.0 Å². The highest BCUT2D eigenvalue weighted by Gasteiger charge is 2.30. The fourth-order valence-corrected chi connectivity index (χ4v) is 6.67. The predicted molar refractivity (Wildman–Crippen MR) is 120 cm³/mol. The Morgan fingerprint density at radius 2 is 1.93 bits per heavy atom. The van der Waals surface area contributed by atoms with Gasteiger partial charge in [-0.15, -0.1) is 11.3 Å². The minimum atomic E-state index is -3.97. The first-order valence-corrected chi connectivity index (χ1v) is 12.5. The van der Waals surface area contributed by atoms with Gasteiger partial charge in [0.1, 0.15) is 15.6 Å². The maximum Gasteiger partial charge on any atom is 0.341 e. The molecular formula is C22H29NO5S2. The van der Waals surface area contributed by atoms with Crippen molar-refractivity contribution in [3.8, 4) is 5.75 Å². The summed E-state index contributed by atoms with van der Waals surface area (Å²) < 4.78 is 40.0. The van der Waals surface area contributed by atoms with Gasteiger partial charge in [-0.25, -0.2) is 13.2 Å². The van der Waals surface area contributed by atoms with Crippen LogP contribution in [0.4, 0.5) is 5.00 Å². The second kappa shape index (κ2) is 8.98. The zero-order valence-electron chi connectivity index (χ0n) is 18.1. The summed E-state index contributed by atoms with van der Waals surface area (Å²) >= 11 is 1.33. The van der Waals surface area contributed by atoms with Crippen molar-refractivity contribution in [3.05, 3.63) is 39.3 Å². The summed E-state index contributed by atoms with van der Waals surface area (Å²) in [6, 6.07) is 3.41. The molecule has 2 aromatic rings. The van der Waals surface area contributed by atoms with E-state index in [2.05, 4.69) is 4.72 Å². The molecule has 8 heteroatoms. The number of ether oxygens (including phenoxy) is 2. The van der Waals surface area contributed by atoms with E-state index in [-0.39, 0.29) is 23.2 Å². The fraction of sp³-hybridized carbons (Fsp3) is 0.500. The van der Waals surface area contributed by atoms with Crippen molar-refractivity contribution in [3.63, 3.8) is 0 Å². The zero-order valence-corrected chi connectivity index (χ0v) is 19.8. The van der Waals surface area contributed by atoms with Gasteiger partial charge < -0.3 is 9.47 Å². The third-order valence-corrected chi connectivity index (χ3v) is 8.05. The lowest BCUT2D eigenvalue weighted by Gasteiger charge is -2.17. The number of rotatable bonds is 7. The topological polar surface area (TPSA) is 81.7 Å². The summed E-state index contributed by atoms with van der Waals surface area (Å²) in [6.45, 7) is 7.95. The molecule has 1 aromatic carbocycles. The number of anilines is 1. The number of hydrogen-bond donors (Lipinski definition) is 1. The Kier molecular flexibility index (Phi) is 6.77. The summed E-state index contributed by atoms with van der Waals surface area (Å²) in [6.07, 6.45) is 3.61. The van der Waals surface area contributed by atoms with E-state index in [0.717, 1.165) is 47.3 Å². The summed E-state index contributed by atoms with van der Waals surface area (Å²) in [5.41, 5.74) is 3.18. The highest BCUT2D eigenvalue weighted by molar-refractivity contribution is 7.93. The number of nitrogens with one attached hydrogen (secondary N) is 1. The van der Waals surface area contributed by atoms with Crippen LogP contribution in [0.5, 0.6) is 5.75 Å². The Bertz CT molecular complexity index is 1050. The standard InChI is InChI=1S/C22H29NO5S2/c1-6-28-22(24)20-15-9-7-8-10-18(15)29-21(20)23-30(25,26)19-12-16(13(2)3)14(4)11-17(19)27-5/h11-13,23H,6-10H2,1-5H3. The molecule has 3 rings (SSSR count). The number of sulfonamides is 1. The number of hydrogen-bond acceptors (Lipinski definition) is 6. The Balaban J connectivity index is 2.09. The Morgan fingerprint density at radius 1 is 1.23 bits per heavy atom. The SMILES string of the molecule is CCOC(=O)c1c(NS(=O)(=O)c2cc(C(C)C)c(C)cc2OC)sc2c1CCCC2. The third kappa shape index (κ3) is 4.34. The third-order valence-electron chi connectivity index (χ3n) is 5.34. The molecule has 0 bridgehead atoms. The second-order valence-corrected chi connectivity index (χ2v) is 10.5. The van der Waals surface area contributed by atoms with Crippen LogP contribution in [0.15, 0.2) is 17.0 Å². The number of methoxy groups -OCH3 is 1. The lowest BCUT2D eigenvalue weighted by molar-refractivity contribution is 0.0526. The quantitative estimate of drug-likeness (QED) is 0.596. The molecule has 30 heavy (non-hydrogen) atoms. The molecule has 164 valence electrons. The summed E-state index contributed by atoms with van der Waals surface area (Å²) in [4.78, 5) is 13.8. The Hall–Kier alpha value is -2.06. The van der Waals surface area contributed by atoms with Crippen LogP contribution in [0.2, 0.25) is 0 Å². The maximum atomic E-state index is 13.4. The summed E-state index contributed by atoms with van der Waals surface area (Å²) in [5.74, 6) is -0.0363. The number of thiophene rings is 1. The molecule has 1 N–H and O–H groups in total. The van der Waals surface area contributed by atoms with Crippen LogP contribution in [-0.2, 0) is 27.6 Å². The van der Waals surface area contributed by atoms with Gasteiger partial charge in [0.2, 0.25) is 0 Å². The molecule has 0 unspecified atom stereocenters. The van der Waals surface area contributed by atoms with Crippen molar-refractivity contribution in [2.75, 3.05) is 18.4 Å². The number of carbonyl (C=O) groups excluding carboxylic acids is 1. The Morgan fingerprint density at radius 3 is 2.57 bits per heavy atom. The highest BCUT2D eigenvalue weighted by atomic mass is 32.2. The molecule has 1 aromatic heterocycles. The molecule has 0 amide bonds. The number of benzene rings is 1. The van der Waals surface area contributed by atoms with Crippen LogP contribution < -0.4 is 9.46 Å². The second-order valence-electron chi connectivity index (χ2n) is 7.76. The van der Waals surface area contributed by atoms with Gasteiger partial charge in [0.15, 0.2) is 0 Å². The lowest BCUT2D eigenvalue weighted by Crippen LogP contribution is -2.17. The molecule has 0 aliphatic heterocycles. The molecule has 0 atom stereocenters. The number of fused-ring (bicyclic) bond motifs is 1. The largest absolute Gasteiger partial charge is 0.495 e. The summed E-state index contributed by atoms with van der Waals surface area (Å²) in [7, 11) is -2.52. The molecule has 0 saturated carbocycles. The van der Waals surface area contributed by atoms with E-state index in [1.54, 1.807) is 19.1 Å². The molecule has 0 radical (unpaired) electrons. The first kappa shape index (κ1) is 22.6. The molecule has 6 nitrogen and oxygen atoms in total. The van der Waals surface area contributed by atoms with Crippen molar-refractivity contribution in [1.82, 2.24) is 0 Å². The molecule has 1 aliphatic rings. The lowest BCUT2D eigenvalue weighted by atomic mass is 9.95. The van der Waals surface area contributed by atoms with Crippen molar-refractivity contribution in [2.24, 2.45) is 0 Å². The Labute approximate surface area is 182 Å². The molecular weight excluding hydrogens is 422 g/mol. The summed E-state index contributed by atoms with van der Waals surface area (Å²) in [5, 5.41) is 0.328. The van der Waals surface area contributed by atoms with Gasteiger partial charge in [-0.3, -0.25) is 4.72 Å². The average molecular weight is 452 g/mol. The normalized spacial score (nSPS) is 13.8. The average Bonchev–Trinajstić information content (AvgIpc) is 3.04. The van der Waals surface area contributed by atoms with Gasteiger partial charge in [-0.1, -0.05) is 13.8 Å². The van der Waals surface area contributed by atoms with Gasteiger partial charge in [-0.2, -0.15) is 0 Å². The maximum absolute atomic E-state index is 13.4. The van der Waals surface area contributed by atoms with Gasteiger partial charge in [0, 0.05) is 4.88 Å². The minimum Gasteiger partial charge on any atom is -0.495 e. The van der Waals surface area contributed by atoms with E-state index in [1.165, 1.54) is 18.4 Å². The van der Waals surface area contributed by atoms with Crippen LogP contribution in [0.1, 0.15) is 71.5 Å². The number of aryl methyl sites for hydroxylation is 2. The molecule has 0 saturated heterocycles. The first-order valence-electron chi connectivity index (χ1n) is 10.2. The van der Waals surface area contributed by atoms with E-state index in [0.29, 0.717) is 10.6 Å². The van der Waals surface area contributed by atoms with Gasteiger partial charge in [0.05, 0.1) is 19.3 Å². The van der Waals surface area contributed by atoms with Crippen LogP contribution in [-0.4, -0.2) is 28.1 Å². The van der Waals surface area contributed by atoms with Crippen LogP contribution in [0.3, 0.4) is 0 Å². The van der Waals surface area contributed by atoms with E-state index in [1.807, 2.05) is 20.8 Å². The highest BCUT2D eigenvalue weighted by Crippen LogP contribution is 2.40. The van der Waals surface area contributed by atoms with Crippen LogP contribution in [0, 0.1) is 6.92 Å². The van der Waals surface area contributed by atoms with Crippen molar-refractivity contribution < 1.29 is 22.7 Å². The molecule has 1 heterocycles. The van der Waals surface area contributed by atoms with Crippen molar-refractivity contribution in [1.29, 1.82) is 0 Å². The van der Waals surface area contributed by atoms with Gasteiger partial charge >= 0.3 is 5.97 Å². The van der Waals surface area contributed by atoms with E-state index in [9.17, 15) is 13.2 Å². The van der Waals surface area contributed by atoms with E-state index >= 15 is 0 Å². The van der Waals surface area contributed by atoms with E-state index in [4.69, 9.17) is 9.47 Å². The minimum absolute atomic E-state index is 0.0699. The van der Waals surface area contributed by atoms with Crippen molar-refractivity contribution in [2.45, 2.75) is 64.2 Å². The molecule has 0 fully saturated rings. The number of esters is 1. The smallest absolute Gasteiger partial charge is 0.341 e. The van der Waals surface area contributed by atoms with Crippen LogP contribution in [0.25, 0.3) is 0 Å². The van der Waals surface area contributed by atoms with Crippen molar-refractivity contribution >= 4 is 32.3 Å². The zero-order chi connectivity index (χ0) is 22.1. The van der Waals surface area contributed by atoms with Gasteiger partial charge in [-0.05, 0) is 74.3 Å². The first-order chi connectivity index (χ1) is 14.2. The van der Waals surface area contributed by atoms with Gasteiger partial charge in [0.25, 0.3) is 10.0 Å². The fourth-order valence-electron chi connectivity index (χ4n) is 3.90. The predicted octanol–water partition coefficient (Wildman–Crippen LogP) is 5.04. The molecule has 0 spiro atoms. The van der Waals surface area contributed by atoms with Crippen LogP contribution >= 0.6 is 11.3 Å². The molecule has 1 aliphatic carbocycles.